The normalized spacial score (nSPS) is 10.3. The molecule has 138 valence electrons. The van der Waals surface area contributed by atoms with E-state index < -0.39 is 5.82 Å². The van der Waals surface area contributed by atoms with Gasteiger partial charge in [-0.15, -0.1) is 0 Å². The molecule has 8 heteroatoms. The van der Waals surface area contributed by atoms with Gasteiger partial charge in [0, 0.05) is 0 Å². The molecule has 0 aliphatic carbocycles. The van der Waals surface area contributed by atoms with Crippen LogP contribution in [0.4, 0.5) is 14.6 Å². The van der Waals surface area contributed by atoms with Crippen molar-refractivity contribution in [2.24, 2.45) is 0 Å². The first-order valence-electron chi connectivity index (χ1n) is 7.97. The van der Waals surface area contributed by atoms with Crippen LogP contribution in [0.1, 0.15) is 11.1 Å². The maximum absolute atomic E-state index is 13.9. The summed E-state index contributed by atoms with van der Waals surface area (Å²) in [6.45, 7) is 0.355. The van der Waals surface area contributed by atoms with Crippen molar-refractivity contribution < 1.29 is 18.3 Å². The predicted molar refractivity (Wildman–Crippen MR) is 100 cm³/mol. The molecular weight excluding hydrogens is 372 g/mol. The van der Waals surface area contributed by atoms with E-state index in [0.29, 0.717) is 0 Å². The summed E-state index contributed by atoms with van der Waals surface area (Å²) in [5.41, 5.74) is 1.65. The Kier molecular flexibility index (Phi) is 6.22. The summed E-state index contributed by atoms with van der Waals surface area (Å²) in [4.78, 5) is 7.70. The third kappa shape index (κ3) is 5.68. The molecule has 0 radical (unpaired) electrons. The van der Waals surface area contributed by atoms with Crippen molar-refractivity contribution >= 4 is 23.2 Å². The Morgan fingerprint density at radius 1 is 0.963 bits per heavy atom. The number of aromatic nitrogens is 2. The van der Waals surface area contributed by atoms with Gasteiger partial charge in [-0.1, -0.05) is 42.5 Å². The molecule has 1 N–H and O–H groups in total. The highest BCUT2D eigenvalue weighted by Gasteiger charge is 2.11. The van der Waals surface area contributed by atoms with Crippen molar-refractivity contribution in [2.45, 2.75) is 13.2 Å². The Morgan fingerprint density at radius 3 is 2.41 bits per heavy atom. The molecule has 0 unspecified atom stereocenters. The van der Waals surface area contributed by atoms with E-state index in [2.05, 4.69) is 15.3 Å². The maximum Gasteiger partial charge on any atom is 0.318 e. The maximum atomic E-state index is 13.9. The number of nitrogens with zero attached hydrogens (tertiary/aromatic N) is 2. The molecule has 0 aliphatic rings. The van der Waals surface area contributed by atoms with Crippen LogP contribution in [0.15, 0.2) is 60.8 Å². The fraction of sp³-hybridized carbons (Fsp3) is 0.105. The van der Waals surface area contributed by atoms with E-state index in [0.717, 1.165) is 17.3 Å². The van der Waals surface area contributed by atoms with Gasteiger partial charge in [-0.05, 0) is 35.5 Å². The van der Waals surface area contributed by atoms with E-state index in [-0.39, 0.29) is 36.0 Å². The van der Waals surface area contributed by atoms with E-state index in [4.69, 9.17) is 21.7 Å². The quantitative estimate of drug-likeness (QED) is 0.639. The number of halogens is 2. The van der Waals surface area contributed by atoms with Crippen LogP contribution in [0.5, 0.6) is 6.01 Å². The zero-order valence-electron chi connectivity index (χ0n) is 14.1. The van der Waals surface area contributed by atoms with Crippen LogP contribution < -0.4 is 10.1 Å². The topological polar surface area (TPSA) is 56.3 Å². The second-order valence-electron chi connectivity index (χ2n) is 5.45. The Morgan fingerprint density at radius 2 is 1.67 bits per heavy atom. The number of nitrogens with one attached hydrogen (secondary N) is 1. The number of thiocarbonyl (C=S) groups is 1. The van der Waals surface area contributed by atoms with Crippen molar-refractivity contribution in [3.63, 3.8) is 0 Å². The van der Waals surface area contributed by atoms with E-state index in [1.165, 1.54) is 12.1 Å². The monoisotopic (exact) mass is 387 g/mol. The molecule has 0 atom stereocenters. The van der Waals surface area contributed by atoms with Gasteiger partial charge in [0.15, 0.2) is 11.6 Å². The molecule has 3 rings (SSSR count). The molecule has 3 aromatic rings. The van der Waals surface area contributed by atoms with Gasteiger partial charge in [0.1, 0.15) is 19.0 Å². The zero-order chi connectivity index (χ0) is 19.1. The highest BCUT2D eigenvalue weighted by Crippen LogP contribution is 2.15. The summed E-state index contributed by atoms with van der Waals surface area (Å²) in [7, 11) is 0. The number of anilines is 1. The number of hydrogen-bond acceptors (Lipinski definition) is 5. The summed E-state index contributed by atoms with van der Waals surface area (Å²) < 4.78 is 37.6. The van der Waals surface area contributed by atoms with Crippen LogP contribution in [0, 0.1) is 11.6 Å². The smallest absolute Gasteiger partial charge is 0.318 e. The second kappa shape index (κ2) is 9.00. The molecule has 2 aromatic carbocycles. The molecule has 0 fully saturated rings. The van der Waals surface area contributed by atoms with Crippen molar-refractivity contribution in [2.75, 3.05) is 5.32 Å². The van der Waals surface area contributed by atoms with E-state index in [9.17, 15) is 8.78 Å². The van der Waals surface area contributed by atoms with Crippen molar-refractivity contribution in [3.8, 4) is 6.01 Å². The molecule has 5 nitrogen and oxygen atoms in total. The van der Waals surface area contributed by atoms with Gasteiger partial charge in [0.25, 0.3) is 5.17 Å². The number of rotatable bonds is 6. The molecular formula is C19H15F2N3O2S. The molecule has 0 bridgehead atoms. The van der Waals surface area contributed by atoms with Crippen molar-refractivity contribution in [1.29, 1.82) is 0 Å². The van der Waals surface area contributed by atoms with Gasteiger partial charge in [0.2, 0.25) is 0 Å². The fourth-order valence-corrected chi connectivity index (χ4v) is 2.25. The lowest BCUT2D eigenvalue weighted by Crippen LogP contribution is -2.16. The Bertz CT molecular complexity index is 909. The lowest BCUT2D eigenvalue weighted by atomic mass is 10.2. The van der Waals surface area contributed by atoms with Gasteiger partial charge < -0.3 is 9.47 Å². The Labute approximate surface area is 160 Å². The second-order valence-corrected chi connectivity index (χ2v) is 5.82. The molecule has 27 heavy (non-hydrogen) atoms. The van der Waals surface area contributed by atoms with Gasteiger partial charge in [0.05, 0.1) is 6.20 Å². The van der Waals surface area contributed by atoms with Crippen LogP contribution in [-0.4, -0.2) is 15.1 Å². The number of ether oxygens (including phenoxy) is 2. The van der Waals surface area contributed by atoms with Crippen LogP contribution >= 0.6 is 12.2 Å². The largest absolute Gasteiger partial charge is 0.466 e. The SMILES string of the molecule is Fc1ccc(COc2ncc(F)c(NC(=S)OCc3ccccc3)n2)cc1. The minimum absolute atomic E-state index is 0.0269. The average Bonchev–Trinajstić information content (AvgIpc) is 2.69. The first-order valence-corrected chi connectivity index (χ1v) is 8.38. The lowest BCUT2D eigenvalue weighted by Gasteiger charge is -2.11. The van der Waals surface area contributed by atoms with Crippen LogP contribution in [-0.2, 0) is 18.0 Å². The molecule has 1 aromatic heterocycles. The van der Waals surface area contributed by atoms with Gasteiger partial charge in [-0.2, -0.15) is 4.98 Å². The summed E-state index contributed by atoms with van der Waals surface area (Å²) >= 11 is 5.05. The number of benzene rings is 2. The van der Waals surface area contributed by atoms with Gasteiger partial charge >= 0.3 is 6.01 Å². The van der Waals surface area contributed by atoms with E-state index >= 15 is 0 Å². The summed E-state index contributed by atoms with van der Waals surface area (Å²) in [5.74, 6) is -1.20. The third-order valence-electron chi connectivity index (χ3n) is 3.44. The van der Waals surface area contributed by atoms with Gasteiger partial charge in [-0.25, -0.2) is 13.8 Å². The predicted octanol–water partition coefficient (Wildman–Crippen LogP) is 4.25. The fourth-order valence-electron chi connectivity index (χ4n) is 2.09. The summed E-state index contributed by atoms with van der Waals surface area (Å²) in [5, 5.41) is 2.55. The van der Waals surface area contributed by atoms with E-state index in [1.807, 2.05) is 30.3 Å². The standard InChI is InChI=1S/C19H15F2N3O2S/c20-15-8-6-14(7-9-15)11-25-18-22-10-16(21)17(23-18)24-19(27)26-12-13-4-2-1-3-5-13/h1-10H,11-12H2,(H,22,23,24,27). The van der Waals surface area contributed by atoms with Crippen LogP contribution in [0.25, 0.3) is 0 Å². The molecule has 0 amide bonds. The minimum Gasteiger partial charge on any atom is -0.466 e. The average molecular weight is 387 g/mol. The molecule has 1 heterocycles. The first-order chi connectivity index (χ1) is 13.1. The summed E-state index contributed by atoms with van der Waals surface area (Å²) in [6, 6.07) is 15.2. The molecule has 0 aliphatic heterocycles. The molecule has 0 spiro atoms. The zero-order valence-corrected chi connectivity index (χ0v) is 14.9. The number of hydrogen-bond donors (Lipinski definition) is 1. The van der Waals surface area contributed by atoms with Crippen LogP contribution in [0.2, 0.25) is 0 Å². The molecule has 0 saturated carbocycles. The van der Waals surface area contributed by atoms with Crippen molar-refractivity contribution in [1.82, 2.24) is 9.97 Å². The van der Waals surface area contributed by atoms with E-state index in [1.54, 1.807) is 12.1 Å². The van der Waals surface area contributed by atoms with Crippen molar-refractivity contribution in [3.05, 3.63) is 83.6 Å². The Balaban J connectivity index is 1.57. The lowest BCUT2D eigenvalue weighted by molar-refractivity contribution is 0.279. The summed E-state index contributed by atoms with van der Waals surface area (Å²) in [6.07, 6.45) is 0.967. The third-order valence-corrected chi connectivity index (χ3v) is 3.66. The minimum atomic E-state index is -0.699. The van der Waals surface area contributed by atoms with Crippen LogP contribution in [0.3, 0.4) is 0 Å². The molecule has 0 saturated heterocycles. The van der Waals surface area contributed by atoms with Gasteiger partial charge in [-0.3, -0.25) is 5.32 Å². The highest BCUT2D eigenvalue weighted by molar-refractivity contribution is 7.80. The Hall–Kier alpha value is -3.13. The first kappa shape index (κ1) is 18.7. The highest BCUT2D eigenvalue weighted by atomic mass is 32.1.